The summed E-state index contributed by atoms with van der Waals surface area (Å²) >= 11 is 0. The van der Waals surface area contributed by atoms with Crippen molar-refractivity contribution in [1.82, 2.24) is 4.90 Å². The van der Waals surface area contributed by atoms with Crippen molar-refractivity contribution in [3.63, 3.8) is 0 Å². The average Bonchev–Trinajstić information content (AvgIpc) is 2.27. The van der Waals surface area contributed by atoms with Crippen molar-refractivity contribution >= 4 is 0 Å². The second-order valence-corrected chi connectivity index (χ2v) is 6.21. The van der Waals surface area contributed by atoms with E-state index in [4.69, 9.17) is 5.73 Å². The quantitative estimate of drug-likeness (QED) is 0.781. The van der Waals surface area contributed by atoms with Gasteiger partial charge in [0.25, 0.3) is 0 Å². The molecule has 94 valence electrons. The highest BCUT2D eigenvalue weighted by Gasteiger charge is 2.28. The van der Waals surface area contributed by atoms with Gasteiger partial charge in [0, 0.05) is 19.1 Å². The molecular weight excluding hydrogens is 196 g/mol. The molecule has 1 saturated heterocycles. The highest BCUT2D eigenvalue weighted by Crippen LogP contribution is 2.27. The molecule has 0 aromatic rings. The van der Waals surface area contributed by atoms with Crippen LogP contribution in [0, 0.1) is 17.8 Å². The van der Waals surface area contributed by atoms with Crippen molar-refractivity contribution in [3.05, 3.63) is 0 Å². The zero-order chi connectivity index (χ0) is 11.5. The second-order valence-electron chi connectivity index (χ2n) is 6.21. The third kappa shape index (κ3) is 2.98. The highest BCUT2D eigenvalue weighted by atomic mass is 15.1. The highest BCUT2D eigenvalue weighted by molar-refractivity contribution is 4.83. The van der Waals surface area contributed by atoms with E-state index in [0.29, 0.717) is 6.04 Å². The predicted molar refractivity (Wildman–Crippen MR) is 69.3 cm³/mol. The minimum absolute atomic E-state index is 0.475. The maximum absolute atomic E-state index is 6.23. The van der Waals surface area contributed by atoms with Crippen molar-refractivity contribution in [2.24, 2.45) is 23.5 Å². The third-order valence-electron chi connectivity index (χ3n) is 4.88. The van der Waals surface area contributed by atoms with Crippen LogP contribution in [0.2, 0.25) is 0 Å². The van der Waals surface area contributed by atoms with Gasteiger partial charge in [-0.3, -0.25) is 0 Å². The molecule has 4 atom stereocenters. The van der Waals surface area contributed by atoms with Crippen LogP contribution in [0.15, 0.2) is 0 Å². The lowest BCUT2D eigenvalue weighted by Gasteiger charge is -2.39. The van der Waals surface area contributed by atoms with E-state index in [-0.39, 0.29) is 0 Å². The van der Waals surface area contributed by atoms with Crippen molar-refractivity contribution in [3.8, 4) is 0 Å². The Kier molecular flexibility index (Phi) is 4.26. The summed E-state index contributed by atoms with van der Waals surface area (Å²) < 4.78 is 0. The van der Waals surface area contributed by atoms with Crippen LogP contribution in [-0.4, -0.2) is 30.6 Å². The molecule has 0 spiro atoms. The molecule has 1 saturated carbocycles. The van der Waals surface area contributed by atoms with E-state index in [1.165, 1.54) is 51.7 Å². The van der Waals surface area contributed by atoms with Gasteiger partial charge in [-0.2, -0.15) is 0 Å². The van der Waals surface area contributed by atoms with Crippen LogP contribution in [0.3, 0.4) is 0 Å². The fraction of sp³-hybridized carbons (Fsp3) is 1.00. The first kappa shape index (κ1) is 12.4. The summed E-state index contributed by atoms with van der Waals surface area (Å²) in [6.07, 6.45) is 6.75. The molecule has 1 aliphatic heterocycles. The van der Waals surface area contributed by atoms with E-state index >= 15 is 0 Å². The fourth-order valence-electron chi connectivity index (χ4n) is 3.31. The Bertz CT molecular complexity index is 217. The predicted octanol–water partition coefficient (Wildman–Crippen LogP) is 2.48. The summed E-state index contributed by atoms with van der Waals surface area (Å²) in [5, 5.41) is 0. The summed E-state index contributed by atoms with van der Waals surface area (Å²) in [5.41, 5.74) is 6.23. The maximum atomic E-state index is 6.23. The molecule has 1 heterocycles. The zero-order valence-electron chi connectivity index (χ0n) is 11.0. The smallest absolute Gasteiger partial charge is 0.00793 e. The van der Waals surface area contributed by atoms with Crippen molar-refractivity contribution in [1.29, 1.82) is 0 Å². The van der Waals surface area contributed by atoms with E-state index in [0.717, 1.165) is 17.8 Å². The summed E-state index contributed by atoms with van der Waals surface area (Å²) in [7, 11) is 0. The number of nitrogens with two attached hydrogens (primary N) is 1. The standard InChI is InChI=1S/C14H28N2/c1-11-7-8-16(9-12(11)2)10-13-5-3-4-6-14(13)15/h11-14H,3-10,15H2,1-2H3. The van der Waals surface area contributed by atoms with Crippen molar-refractivity contribution in [2.45, 2.75) is 52.0 Å². The Morgan fingerprint density at radius 2 is 1.81 bits per heavy atom. The Hall–Kier alpha value is -0.0800. The first-order valence-electron chi connectivity index (χ1n) is 7.14. The molecule has 2 N–H and O–H groups in total. The Labute approximate surface area is 101 Å². The molecule has 0 amide bonds. The van der Waals surface area contributed by atoms with Crippen LogP contribution in [0.5, 0.6) is 0 Å². The number of hydrogen-bond acceptors (Lipinski definition) is 2. The van der Waals surface area contributed by atoms with E-state index in [1.807, 2.05) is 0 Å². The molecule has 2 rings (SSSR count). The molecule has 16 heavy (non-hydrogen) atoms. The average molecular weight is 224 g/mol. The molecule has 2 fully saturated rings. The minimum Gasteiger partial charge on any atom is -0.327 e. The first-order chi connectivity index (χ1) is 7.66. The molecule has 1 aliphatic carbocycles. The molecule has 0 aromatic carbocycles. The van der Waals surface area contributed by atoms with Gasteiger partial charge in [0.1, 0.15) is 0 Å². The van der Waals surface area contributed by atoms with Crippen molar-refractivity contribution < 1.29 is 0 Å². The summed E-state index contributed by atoms with van der Waals surface area (Å²) in [4.78, 5) is 2.67. The number of rotatable bonds is 2. The van der Waals surface area contributed by atoms with Gasteiger partial charge in [0.15, 0.2) is 0 Å². The molecule has 2 nitrogen and oxygen atoms in total. The molecule has 0 aromatic heterocycles. The number of hydrogen-bond donors (Lipinski definition) is 1. The lowest BCUT2D eigenvalue weighted by molar-refractivity contribution is 0.105. The van der Waals surface area contributed by atoms with Gasteiger partial charge < -0.3 is 10.6 Å². The summed E-state index contributed by atoms with van der Waals surface area (Å²) in [6, 6.07) is 0.475. The van der Waals surface area contributed by atoms with E-state index in [9.17, 15) is 0 Å². The number of likely N-dealkylation sites (tertiary alicyclic amines) is 1. The van der Waals surface area contributed by atoms with Gasteiger partial charge in [-0.1, -0.05) is 26.7 Å². The Balaban J connectivity index is 1.80. The SMILES string of the molecule is CC1CCN(CC2CCCCC2N)CC1C. The lowest BCUT2D eigenvalue weighted by atomic mass is 9.83. The van der Waals surface area contributed by atoms with Crippen LogP contribution in [0.4, 0.5) is 0 Å². The maximum Gasteiger partial charge on any atom is 0.00793 e. The first-order valence-corrected chi connectivity index (χ1v) is 7.14. The van der Waals surface area contributed by atoms with E-state index in [1.54, 1.807) is 0 Å². The van der Waals surface area contributed by atoms with Crippen LogP contribution in [0.25, 0.3) is 0 Å². The molecule has 0 radical (unpaired) electrons. The summed E-state index contributed by atoms with van der Waals surface area (Å²) in [6.45, 7) is 8.66. The number of piperidine rings is 1. The minimum atomic E-state index is 0.475. The largest absolute Gasteiger partial charge is 0.327 e. The van der Waals surface area contributed by atoms with Crippen molar-refractivity contribution in [2.75, 3.05) is 19.6 Å². The second kappa shape index (κ2) is 5.50. The topological polar surface area (TPSA) is 29.3 Å². The van der Waals surface area contributed by atoms with E-state index in [2.05, 4.69) is 18.7 Å². The van der Waals surface area contributed by atoms with Crippen LogP contribution < -0.4 is 5.73 Å². The van der Waals surface area contributed by atoms with Gasteiger partial charge >= 0.3 is 0 Å². The Morgan fingerprint density at radius 3 is 2.50 bits per heavy atom. The van der Waals surface area contributed by atoms with Crippen LogP contribution in [0.1, 0.15) is 46.0 Å². The van der Waals surface area contributed by atoms with Gasteiger partial charge in [0.2, 0.25) is 0 Å². The van der Waals surface area contributed by atoms with Gasteiger partial charge in [-0.05, 0) is 43.6 Å². The fourth-order valence-corrected chi connectivity index (χ4v) is 3.31. The van der Waals surface area contributed by atoms with Gasteiger partial charge in [-0.15, -0.1) is 0 Å². The zero-order valence-corrected chi connectivity index (χ0v) is 11.0. The Morgan fingerprint density at radius 1 is 1.06 bits per heavy atom. The number of nitrogens with zero attached hydrogens (tertiary/aromatic N) is 1. The monoisotopic (exact) mass is 224 g/mol. The summed E-state index contributed by atoms with van der Waals surface area (Å²) in [5.74, 6) is 2.55. The van der Waals surface area contributed by atoms with Crippen LogP contribution in [-0.2, 0) is 0 Å². The molecule has 4 unspecified atom stereocenters. The molecular formula is C14H28N2. The third-order valence-corrected chi connectivity index (χ3v) is 4.88. The van der Waals surface area contributed by atoms with Crippen LogP contribution >= 0.6 is 0 Å². The molecule has 2 heteroatoms. The lowest BCUT2D eigenvalue weighted by Crippen LogP contribution is -2.45. The van der Waals surface area contributed by atoms with Gasteiger partial charge in [-0.25, -0.2) is 0 Å². The molecule has 0 bridgehead atoms. The van der Waals surface area contributed by atoms with Gasteiger partial charge in [0.05, 0.1) is 0 Å². The molecule has 2 aliphatic rings. The van der Waals surface area contributed by atoms with E-state index < -0.39 is 0 Å². The normalized spacial score (nSPS) is 42.2.